The molecule has 1 atom stereocenters. The summed E-state index contributed by atoms with van der Waals surface area (Å²) in [6, 6.07) is 2.16. The quantitative estimate of drug-likeness (QED) is 0.873. The van der Waals surface area contributed by atoms with Crippen LogP contribution >= 0.6 is 23.5 Å². The second-order valence-corrected chi connectivity index (χ2v) is 6.81. The third-order valence-corrected chi connectivity index (χ3v) is 5.36. The number of aliphatic carboxylic acids is 1. The van der Waals surface area contributed by atoms with Gasteiger partial charge in [-0.2, -0.15) is 11.8 Å². The first-order valence-electron chi connectivity index (χ1n) is 6.35. The van der Waals surface area contributed by atoms with Crippen molar-refractivity contribution in [2.75, 3.05) is 17.3 Å². The van der Waals surface area contributed by atoms with E-state index in [2.05, 4.69) is 4.98 Å². The number of hydrogen-bond acceptors (Lipinski definition) is 4. The first-order chi connectivity index (χ1) is 10.1. The molecular weight excluding hydrogens is 318 g/mol. The molecule has 3 rings (SSSR count). The van der Waals surface area contributed by atoms with Gasteiger partial charge in [-0.3, -0.25) is 4.79 Å². The third-order valence-electron chi connectivity index (χ3n) is 3.28. The predicted octanol–water partition coefficient (Wildman–Crippen LogP) is 3.17. The van der Waals surface area contributed by atoms with Gasteiger partial charge in [-0.15, -0.1) is 0 Å². The zero-order valence-electron chi connectivity index (χ0n) is 10.9. The number of hydrogen-bond donors (Lipinski definition) is 1. The normalized spacial score (nSPS) is 18.5. The molecule has 0 radical (unpaired) electrons. The van der Waals surface area contributed by atoms with Gasteiger partial charge in [0.25, 0.3) is 0 Å². The van der Waals surface area contributed by atoms with Crippen LogP contribution in [0.15, 0.2) is 17.3 Å². The van der Waals surface area contributed by atoms with Crippen LogP contribution in [0.4, 0.5) is 8.78 Å². The summed E-state index contributed by atoms with van der Waals surface area (Å²) >= 11 is 2.81. The molecule has 1 aromatic carbocycles. The monoisotopic (exact) mass is 330 g/mol. The number of carboxylic acid groups (broad SMARTS) is 1. The summed E-state index contributed by atoms with van der Waals surface area (Å²) in [7, 11) is 0. The Balaban J connectivity index is 2.12. The van der Waals surface area contributed by atoms with E-state index in [1.165, 1.54) is 6.07 Å². The molecule has 0 aliphatic carbocycles. The van der Waals surface area contributed by atoms with Crippen LogP contribution in [0.3, 0.4) is 0 Å². The van der Waals surface area contributed by atoms with Crippen molar-refractivity contribution < 1.29 is 18.7 Å². The zero-order chi connectivity index (χ0) is 15.0. The lowest BCUT2D eigenvalue weighted by Crippen LogP contribution is -2.10. The second kappa shape index (κ2) is 5.84. The van der Waals surface area contributed by atoms with E-state index in [1.807, 2.05) is 0 Å². The molecule has 1 unspecified atom stereocenters. The number of imidazole rings is 1. The topological polar surface area (TPSA) is 55.1 Å². The highest BCUT2D eigenvalue weighted by Crippen LogP contribution is 2.36. The predicted molar refractivity (Wildman–Crippen MR) is 79.0 cm³/mol. The molecule has 1 N–H and O–H groups in total. The van der Waals surface area contributed by atoms with Gasteiger partial charge in [0.2, 0.25) is 0 Å². The second-order valence-electron chi connectivity index (χ2n) is 4.72. The van der Waals surface area contributed by atoms with E-state index in [-0.39, 0.29) is 17.3 Å². The highest BCUT2D eigenvalue weighted by Gasteiger charge is 2.25. The molecule has 1 aliphatic heterocycles. The number of carbonyl (C=O) groups is 1. The molecule has 2 heterocycles. The summed E-state index contributed by atoms with van der Waals surface area (Å²) in [4.78, 5) is 14.9. The Bertz CT molecular complexity index is 699. The standard InChI is InChI=1S/C13H12F2N2O2S2/c14-7-3-9(15)12-10(4-7)17(8-1-2-20-5-8)13(16-12)21-6-11(18)19/h3-4,8H,1-2,5-6H2,(H,18,19). The Morgan fingerprint density at radius 3 is 3.00 bits per heavy atom. The van der Waals surface area contributed by atoms with E-state index in [4.69, 9.17) is 5.11 Å². The number of thioether (sulfide) groups is 2. The number of halogens is 2. The third kappa shape index (κ3) is 2.87. The lowest BCUT2D eigenvalue weighted by atomic mass is 10.2. The highest BCUT2D eigenvalue weighted by molar-refractivity contribution is 8.00. The van der Waals surface area contributed by atoms with E-state index in [0.29, 0.717) is 10.7 Å². The van der Waals surface area contributed by atoms with Gasteiger partial charge in [-0.05, 0) is 12.2 Å². The number of aromatic nitrogens is 2. The van der Waals surface area contributed by atoms with E-state index in [9.17, 15) is 13.6 Å². The summed E-state index contributed by atoms with van der Waals surface area (Å²) in [6.45, 7) is 0. The molecule has 2 aromatic rings. The van der Waals surface area contributed by atoms with Gasteiger partial charge in [0.1, 0.15) is 11.3 Å². The maximum atomic E-state index is 13.9. The van der Waals surface area contributed by atoms with Crippen LogP contribution in [0, 0.1) is 11.6 Å². The lowest BCUT2D eigenvalue weighted by Gasteiger charge is -2.15. The Morgan fingerprint density at radius 1 is 1.52 bits per heavy atom. The Kier molecular flexibility index (Phi) is 4.08. The van der Waals surface area contributed by atoms with Gasteiger partial charge in [-0.1, -0.05) is 11.8 Å². The van der Waals surface area contributed by atoms with Crippen LogP contribution in [-0.2, 0) is 4.79 Å². The minimum Gasteiger partial charge on any atom is -0.481 e. The van der Waals surface area contributed by atoms with Gasteiger partial charge in [0.15, 0.2) is 11.0 Å². The largest absolute Gasteiger partial charge is 0.481 e. The summed E-state index contributed by atoms with van der Waals surface area (Å²) in [5.74, 6) is -0.679. The van der Waals surface area contributed by atoms with Crippen molar-refractivity contribution in [2.24, 2.45) is 0 Å². The highest BCUT2D eigenvalue weighted by atomic mass is 32.2. The average Bonchev–Trinajstić information content (AvgIpc) is 3.02. The molecule has 0 spiro atoms. The molecule has 4 nitrogen and oxygen atoms in total. The molecule has 0 saturated carbocycles. The molecule has 112 valence electrons. The molecule has 1 saturated heterocycles. The molecule has 0 amide bonds. The van der Waals surface area contributed by atoms with Gasteiger partial charge in [-0.25, -0.2) is 13.8 Å². The summed E-state index contributed by atoms with van der Waals surface area (Å²) in [6.07, 6.45) is 0.884. The number of fused-ring (bicyclic) bond motifs is 1. The molecule has 21 heavy (non-hydrogen) atoms. The van der Waals surface area contributed by atoms with E-state index in [0.717, 1.165) is 35.8 Å². The van der Waals surface area contributed by atoms with E-state index < -0.39 is 17.6 Å². The Labute approximate surface area is 127 Å². The Morgan fingerprint density at radius 2 is 2.33 bits per heavy atom. The number of nitrogens with zero attached hydrogens (tertiary/aromatic N) is 2. The number of carboxylic acids is 1. The number of rotatable bonds is 4. The van der Waals surface area contributed by atoms with Gasteiger partial charge in [0, 0.05) is 23.9 Å². The van der Waals surface area contributed by atoms with E-state index in [1.54, 1.807) is 16.3 Å². The van der Waals surface area contributed by atoms with Crippen LogP contribution in [0.25, 0.3) is 11.0 Å². The minimum atomic E-state index is -0.967. The van der Waals surface area contributed by atoms with Crippen molar-refractivity contribution in [1.29, 1.82) is 0 Å². The van der Waals surface area contributed by atoms with Crippen molar-refractivity contribution in [1.82, 2.24) is 9.55 Å². The minimum absolute atomic E-state index is 0.0949. The molecule has 1 fully saturated rings. The molecule has 1 aromatic heterocycles. The average molecular weight is 330 g/mol. The maximum absolute atomic E-state index is 13.9. The summed E-state index contributed by atoms with van der Waals surface area (Å²) in [5.41, 5.74) is 0.495. The fraction of sp³-hybridized carbons (Fsp3) is 0.385. The van der Waals surface area contributed by atoms with Crippen LogP contribution in [0.2, 0.25) is 0 Å². The van der Waals surface area contributed by atoms with E-state index >= 15 is 0 Å². The van der Waals surface area contributed by atoms with Crippen molar-refractivity contribution >= 4 is 40.5 Å². The fourth-order valence-corrected chi connectivity index (χ4v) is 4.39. The van der Waals surface area contributed by atoms with Crippen LogP contribution in [0.1, 0.15) is 12.5 Å². The van der Waals surface area contributed by atoms with Gasteiger partial charge >= 0.3 is 5.97 Å². The van der Waals surface area contributed by atoms with Crippen molar-refractivity contribution in [3.63, 3.8) is 0 Å². The molecular formula is C13H12F2N2O2S2. The summed E-state index contributed by atoms with van der Waals surface area (Å²) < 4.78 is 29.2. The van der Waals surface area contributed by atoms with Crippen molar-refractivity contribution in [3.05, 3.63) is 23.8 Å². The summed E-state index contributed by atoms with van der Waals surface area (Å²) in [5, 5.41) is 9.24. The zero-order valence-corrected chi connectivity index (χ0v) is 12.5. The van der Waals surface area contributed by atoms with Gasteiger partial charge in [0.05, 0.1) is 11.3 Å². The molecule has 1 aliphatic rings. The molecule has 0 bridgehead atoms. The number of benzene rings is 1. The van der Waals surface area contributed by atoms with Crippen LogP contribution in [-0.4, -0.2) is 37.9 Å². The molecule has 8 heteroatoms. The fourth-order valence-electron chi connectivity index (χ4n) is 2.41. The van der Waals surface area contributed by atoms with Crippen LogP contribution in [0.5, 0.6) is 0 Å². The Hall–Kier alpha value is -1.28. The maximum Gasteiger partial charge on any atom is 0.313 e. The van der Waals surface area contributed by atoms with Gasteiger partial charge < -0.3 is 9.67 Å². The first kappa shape index (κ1) is 14.6. The SMILES string of the molecule is O=C(O)CSc1nc2c(F)cc(F)cc2n1C1CCSC1. The smallest absolute Gasteiger partial charge is 0.313 e. The first-order valence-corrected chi connectivity index (χ1v) is 8.49. The van der Waals surface area contributed by atoms with Crippen molar-refractivity contribution in [2.45, 2.75) is 17.6 Å². The lowest BCUT2D eigenvalue weighted by molar-refractivity contribution is -0.133. The van der Waals surface area contributed by atoms with Crippen LogP contribution < -0.4 is 0 Å². The van der Waals surface area contributed by atoms with Crippen molar-refractivity contribution in [3.8, 4) is 0 Å².